The van der Waals surface area contributed by atoms with Crippen molar-refractivity contribution in [1.29, 1.82) is 0 Å². The summed E-state index contributed by atoms with van der Waals surface area (Å²) in [6, 6.07) is 35.3. The van der Waals surface area contributed by atoms with Crippen LogP contribution in [-0.2, 0) is 42.8 Å². The van der Waals surface area contributed by atoms with E-state index < -0.39 is 31.3 Å². The molecule has 0 atom stereocenters. The van der Waals surface area contributed by atoms with E-state index in [0.29, 0.717) is 23.0 Å². The molecule has 0 aliphatic heterocycles. The van der Waals surface area contributed by atoms with E-state index in [1.165, 1.54) is 0 Å². The molecule has 0 spiro atoms. The molecular weight excluding hydrogens is 1010 g/mol. The molecule has 0 saturated heterocycles. The maximum atomic E-state index is 10.7. The number of ether oxygens (including phenoxy) is 4. The Labute approximate surface area is 394 Å². The summed E-state index contributed by atoms with van der Waals surface area (Å²) in [5.41, 5.74) is -3.99. The second kappa shape index (κ2) is 23.3. The van der Waals surface area contributed by atoms with E-state index >= 15 is 0 Å². The molecule has 1 radical (unpaired) electrons. The van der Waals surface area contributed by atoms with Gasteiger partial charge in [-0.05, 0) is 84.9 Å². The van der Waals surface area contributed by atoms with Gasteiger partial charge in [-0.2, -0.15) is 26.3 Å². The molecular formula is C42H37CuF6N6O11S2+. The first-order chi connectivity index (χ1) is 31.1. The third-order valence-corrected chi connectivity index (χ3v) is 9.90. The first kappa shape index (κ1) is 55.5. The maximum absolute atomic E-state index is 10.7. The predicted octanol–water partition coefficient (Wildman–Crippen LogP) is 7.34. The summed E-state index contributed by atoms with van der Waals surface area (Å²) in [4.78, 5) is 18.6. The summed E-state index contributed by atoms with van der Waals surface area (Å²) in [5, 5.41) is 0. The van der Waals surface area contributed by atoms with Crippen LogP contribution >= 0.6 is 0 Å². The average Bonchev–Trinajstić information content (AvgIpc) is 3.88. The number of imidazole rings is 2. The maximum Gasteiger partial charge on any atom is 2.00 e. The molecule has 0 bridgehead atoms. The molecule has 0 saturated carbocycles. The first-order valence-corrected chi connectivity index (χ1v) is 21.2. The topological polar surface area (TPSA) is 245 Å². The number of fused-ring (bicyclic) bond motifs is 2. The molecule has 26 heteroatoms. The van der Waals surface area contributed by atoms with Crippen molar-refractivity contribution >= 4 is 31.3 Å². The van der Waals surface area contributed by atoms with Crippen LogP contribution in [0.1, 0.15) is 0 Å². The smallest absolute Gasteiger partial charge is 0.741 e. The van der Waals surface area contributed by atoms with E-state index in [1.54, 1.807) is 40.8 Å². The van der Waals surface area contributed by atoms with Crippen LogP contribution in [0, 0.1) is 0 Å². The van der Waals surface area contributed by atoms with Gasteiger partial charge in [0, 0.05) is 35.9 Å². The predicted molar refractivity (Wildman–Crippen MR) is 230 cm³/mol. The molecule has 0 fully saturated rings. The molecule has 68 heavy (non-hydrogen) atoms. The van der Waals surface area contributed by atoms with Gasteiger partial charge < -0.3 is 33.5 Å². The van der Waals surface area contributed by atoms with Crippen molar-refractivity contribution in [3.63, 3.8) is 0 Å². The number of methoxy groups -OCH3 is 4. The molecule has 0 amide bonds. The molecule has 17 nitrogen and oxygen atoms in total. The molecule has 8 aromatic rings. The van der Waals surface area contributed by atoms with Crippen LogP contribution in [0.4, 0.5) is 26.3 Å². The number of hydrogen-bond acceptors (Lipinski definition) is 14. The third-order valence-electron chi connectivity index (χ3n) is 8.76. The van der Waals surface area contributed by atoms with Gasteiger partial charge in [0.2, 0.25) is 0 Å². The van der Waals surface area contributed by atoms with E-state index in [0.717, 1.165) is 56.6 Å². The van der Waals surface area contributed by atoms with E-state index in [2.05, 4.69) is 18.8 Å². The number of benzene rings is 2. The Morgan fingerprint density at radius 2 is 0.824 bits per heavy atom. The Kier molecular flexibility index (Phi) is 19.0. The minimum atomic E-state index is -6.09. The summed E-state index contributed by atoms with van der Waals surface area (Å²) >= 11 is 0. The van der Waals surface area contributed by atoms with Gasteiger partial charge in [-0.15, -0.1) is 0 Å². The van der Waals surface area contributed by atoms with Crippen LogP contribution in [0.3, 0.4) is 0 Å². The number of aromatic nitrogens is 6. The number of halogens is 6. The van der Waals surface area contributed by atoms with Crippen molar-refractivity contribution in [2.24, 2.45) is 0 Å². The molecule has 0 aliphatic rings. The van der Waals surface area contributed by atoms with Gasteiger partial charge in [-0.3, -0.25) is 18.8 Å². The molecule has 6 heterocycles. The van der Waals surface area contributed by atoms with Crippen LogP contribution in [-0.4, -0.2) is 94.1 Å². The molecule has 365 valence electrons. The zero-order chi connectivity index (χ0) is 48.5. The fourth-order valence-electron chi connectivity index (χ4n) is 5.82. The standard InChI is InChI=1S/2C20H17N3O2.2CHF3O3S.Cu.H2O/c2*1-24-17-10-9-14(13-18(17)25-2)20-22-19(15-7-3-5-11-21-15)16-8-4-6-12-23(16)20;2*2-1(3,4)8(5,6)7;;/h2*3-13H,1-2H3;2*(H,5,6,7);;1H2/q;;;;+2;/p-1. The Balaban J connectivity index is 0.000000269. The molecule has 6 aromatic heterocycles. The molecule has 0 aliphatic carbocycles. The number of alkyl halides is 6. The van der Waals surface area contributed by atoms with Gasteiger partial charge in [-0.25, -0.2) is 26.8 Å². The Morgan fingerprint density at radius 1 is 0.500 bits per heavy atom. The van der Waals surface area contributed by atoms with Crippen LogP contribution < -0.4 is 18.9 Å². The number of hydrogen-bond donors (Lipinski definition) is 0. The summed E-state index contributed by atoms with van der Waals surface area (Å²) in [5.74, 6) is 4.39. The fourth-order valence-corrected chi connectivity index (χ4v) is 5.82. The van der Waals surface area contributed by atoms with Crippen LogP contribution in [0.25, 0.3) is 56.6 Å². The Hall–Kier alpha value is -6.80. The number of rotatable bonds is 8. The summed E-state index contributed by atoms with van der Waals surface area (Å²) < 4.78 is 143. The van der Waals surface area contributed by atoms with Gasteiger partial charge in [0.15, 0.2) is 43.2 Å². The van der Waals surface area contributed by atoms with Gasteiger partial charge in [0.25, 0.3) is 0 Å². The minimum Gasteiger partial charge on any atom is -0.741 e. The summed E-state index contributed by atoms with van der Waals surface area (Å²) in [6.07, 6.45) is 7.56. The summed E-state index contributed by atoms with van der Waals surface area (Å²) in [6.45, 7) is 0. The first-order valence-electron chi connectivity index (χ1n) is 18.4. The minimum absolute atomic E-state index is 0. The van der Waals surface area contributed by atoms with Gasteiger partial charge in [-0.1, -0.05) is 24.3 Å². The zero-order valence-corrected chi connectivity index (χ0v) is 38.0. The quantitative estimate of drug-likeness (QED) is 0.0475. The second-order valence-electron chi connectivity index (χ2n) is 12.8. The van der Waals surface area contributed by atoms with E-state index in [-0.39, 0.29) is 22.5 Å². The molecule has 3 N–H and O–H groups in total. The molecule has 2 aromatic carbocycles. The van der Waals surface area contributed by atoms with E-state index in [1.807, 2.05) is 122 Å². The number of nitrogens with zero attached hydrogens (tertiary/aromatic N) is 6. The van der Waals surface area contributed by atoms with Crippen LogP contribution in [0.5, 0.6) is 23.0 Å². The average molecular weight is 1040 g/mol. The molecule has 8 rings (SSSR count). The largest absolute Gasteiger partial charge is 2.00 e. The SMILES string of the molecule is COc1ccc(-c2nc(-c3ccccn3)c3ccccn23)cc1OC.COc1ccc(-c2nc(-c3ccccn3)c3ccccn23)cc1OC.O=S(=O)([O-])C(F)(F)F.O=S(=O)([O-])C(F)(F)F.[Cu+2].[OH3+]. The second-order valence-corrected chi connectivity index (χ2v) is 15.6. The van der Waals surface area contributed by atoms with Gasteiger partial charge in [0.1, 0.15) is 23.0 Å². The zero-order valence-electron chi connectivity index (χ0n) is 35.4. The fraction of sp³-hybridized carbons (Fsp3) is 0.143. The van der Waals surface area contributed by atoms with Crippen molar-refractivity contribution < 1.29 is 93.8 Å². The Morgan fingerprint density at radius 3 is 1.10 bits per heavy atom. The normalized spacial score (nSPS) is 11.2. The van der Waals surface area contributed by atoms with E-state index in [9.17, 15) is 26.3 Å². The van der Waals surface area contributed by atoms with Gasteiger partial charge >= 0.3 is 28.1 Å². The van der Waals surface area contributed by atoms with E-state index in [4.69, 9.17) is 54.9 Å². The van der Waals surface area contributed by atoms with Crippen molar-refractivity contribution in [3.8, 4) is 68.5 Å². The Bertz CT molecular complexity index is 2930. The van der Waals surface area contributed by atoms with Crippen molar-refractivity contribution in [1.82, 2.24) is 28.7 Å². The van der Waals surface area contributed by atoms with Crippen molar-refractivity contribution in [2.75, 3.05) is 28.4 Å². The van der Waals surface area contributed by atoms with Crippen molar-refractivity contribution in [3.05, 3.63) is 134 Å². The van der Waals surface area contributed by atoms with Crippen LogP contribution in [0.2, 0.25) is 0 Å². The van der Waals surface area contributed by atoms with Crippen molar-refractivity contribution in [2.45, 2.75) is 11.0 Å². The number of pyridine rings is 4. The summed E-state index contributed by atoms with van der Waals surface area (Å²) in [7, 11) is -5.67. The monoisotopic (exact) mass is 1040 g/mol. The molecule has 0 unspecified atom stereocenters. The third kappa shape index (κ3) is 13.2. The van der Waals surface area contributed by atoms with Crippen LogP contribution in [0.15, 0.2) is 134 Å². The van der Waals surface area contributed by atoms with Gasteiger partial charge in [0.05, 0.1) is 50.9 Å².